The average molecular weight is 256 g/mol. The van der Waals surface area contributed by atoms with E-state index in [9.17, 15) is 4.79 Å². The number of hydrogen-bond donors (Lipinski definition) is 1. The molecule has 0 aromatic heterocycles. The van der Waals surface area contributed by atoms with Crippen LogP contribution in [0.15, 0.2) is 24.3 Å². The highest BCUT2D eigenvalue weighted by molar-refractivity contribution is 6.18. The zero-order valence-corrected chi connectivity index (χ0v) is 10.1. The van der Waals surface area contributed by atoms with E-state index >= 15 is 0 Å². The van der Waals surface area contributed by atoms with E-state index in [1.165, 1.54) is 0 Å². The Hall–Kier alpha value is -1.42. The lowest BCUT2D eigenvalue weighted by Gasteiger charge is -2.26. The van der Waals surface area contributed by atoms with Gasteiger partial charge >= 0.3 is 6.09 Å². The summed E-state index contributed by atoms with van der Waals surface area (Å²) in [5.74, 6) is 1.12. The number of ether oxygens (including phenoxy) is 2. The molecule has 1 aromatic carbocycles. The van der Waals surface area contributed by atoms with Crippen LogP contribution in [0.5, 0.6) is 5.75 Å². The number of para-hydroxylation sites is 1. The summed E-state index contributed by atoms with van der Waals surface area (Å²) in [6.45, 7) is 0.815. The topological polar surface area (TPSA) is 47.6 Å². The zero-order chi connectivity index (χ0) is 12.1. The molecular formula is C12H14ClNO3. The summed E-state index contributed by atoms with van der Waals surface area (Å²) >= 11 is 5.44. The zero-order valence-electron chi connectivity index (χ0n) is 9.32. The SMILES string of the molecule is O=C(NC1CCOc2ccccc21)OCCCl. The molecule has 0 saturated heterocycles. The first kappa shape index (κ1) is 12.0. The van der Waals surface area contributed by atoms with Gasteiger partial charge < -0.3 is 14.8 Å². The van der Waals surface area contributed by atoms with Crippen molar-refractivity contribution >= 4 is 17.7 Å². The highest BCUT2D eigenvalue weighted by Gasteiger charge is 2.22. The molecule has 0 spiro atoms. The van der Waals surface area contributed by atoms with Gasteiger partial charge in [-0.15, -0.1) is 11.6 Å². The van der Waals surface area contributed by atoms with Crippen LogP contribution in [-0.2, 0) is 4.74 Å². The van der Waals surface area contributed by atoms with Gasteiger partial charge in [0.15, 0.2) is 0 Å². The third kappa shape index (κ3) is 3.03. The van der Waals surface area contributed by atoms with Crippen LogP contribution in [0.2, 0.25) is 0 Å². The molecule has 1 unspecified atom stereocenters. The van der Waals surface area contributed by atoms with Gasteiger partial charge in [-0.05, 0) is 6.07 Å². The van der Waals surface area contributed by atoms with Crippen LogP contribution in [0, 0.1) is 0 Å². The van der Waals surface area contributed by atoms with Gasteiger partial charge in [0.25, 0.3) is 0 Å². The van der Waals surface area contributed by atoms with E-state index < -0.39 is 6.09 Å². The van der Waals surface area contributed by atoms with Crippen molar-refractivity contribution in [1.82, 2.24) is 5.32 Å². The third-order valence-electron chi connectivity index (χ3n) is 2.56. The molecular weight excluding hydrogens is 242 g/mol. The molecule has 1 heterocycles. The van der Waals surface area contributed by atoms with Crippen LogP contribution in [0.3, 0.4) is 0 Å². The molecule has 1 aliphatic heterocycles. The molecule has 1 aliphatic rings. The van der Waals surface area contributed by atoms with E-state index in [-0.39, 0.29) is 12.6 Å². The van der Waals surface area contributed by atoms with Gasteiger partial charge in [0.2, 0.25) is 0 Å². The highest BCUT2D eigenvalue weighted by Crippen LogP contribution is 2.31. The lowest BCUT2D eigenvalue weighted by molar-refractivity contribution is 0.144. The standard InChI is InChI=1S/C12H14ClNO3/c13-6-8-17-12(15)14-10-5-7-16-11-4-2-1-3-9(10)11/h1-4,10H,5-8H2,(H,14,15). The first-order valence-electron chi connectivity index (χ1n) is 5.52. The van der Waals surface area contributed by atoms with Crippen molar-refractivity contribution in [2.45, 2.75) is 12.5 Å². The maximum absolute atomic E-state index is 11.4. The number of alkyl halides is 1. The number of rotatable bonds is 3. The van der Waals surface area contributed by atoms with Crippen LogP contribution < -0.4 is 10.1 Å². The second-order valence-electron chi connectivity index (χ2n) is 3.70. The van der Waals surface area contributed by atoms with Gasteiger partial charge in [-0.1, -0.05) is 18.2 Å². The summed E-state index contributed by atoms with van der Waals surface area (Å²) < 4.78 is 10.4. The highest BCUT2D eigenvalue weighted by atomic mass is 35.5. The summed E-state index contributed by atoms with van der Waals surface area (Å²) in [7, 11) is 0. The minimum Gasteiger partial charge on any atom is -0.493 e. The first-order chi connectivity index (χ1) is 8.31. The number of hydrogen-bond acceptors (Lipinski definition) is 3. The number of amides is 1. The van der Waals surface area contributed by atoms with E-state index in [1.807, 2.05) is 24.3 Å². The molecule has 0 radical (unpaired) electrons. The Morgan fingerprint density at radius 1 is 1.53 bits per heavy atom. The minimum absolute atomic E-state index is 0.0530. The van der Waals surface area contributed by atoms with Crippen LogP contribution in [0.4, 0.5) is 4.79 Å². The Bertz CT molecular complexity index is 397. The van der Waals surface area contributed by atoms with E-state index in [4.69, 9.17) is 21.1 Å². The molecule has 1 aromatic rings. The normalized spacial score (nSPS) is 17.8. The van der Waals surface area contributed by atoms with Crippen LogP contribution >= 0.6 is 11.6 Å². The molecule has 17 heavy (non-hydrogen) atoms. The molecule has 1 atom stereocenters. The molecule has 0 saturated carbocycles. The number of benzene rings is 1. The maximum atomic E-state index is 11.4. The molecule has 0 aliphatic carbocycles. The van der Waals surface area contributed by atoms with E-state index in [0.717, 1.165) is 17.7 Å². The molecule has 92 valence electrons. The van der Waals surface area contributed by atoms with Gasteiger partial charge in [-0.3, -0.25) is 0 Å². The second-order valence-corrected chi connectivity index (χ2v) is 4.07. The first-order valence-corrected chi connectivity index (χ1v) is 6.05. The monoisotopic (exact) mass is 255 g/mol. The van der Waals surface area contributed by atoms with Gasteiger partial charge in [-0.25, -0.2) is 4.79 Å². The van der Waals surface area contributed by atoms with Crippen molar-refractivity contribution in [3.63, 3.8) is 0 Å². The van der Waals surface area contributed by atoms with Gasteiger partial charge in [0.05, 0.1) is 18.5 Å². The Balaban J connectivity index is 2.01. The number of nitrogens with one attached hydrogen (secondary N) is 1. The van der Waals surface area contributed by atoms with Crippen molar-refractivity contribution in [3.05, 3.63) is 29.8 Å². The third-order valence-corrected chi connectivity index (χ3v) is 2.72. The van der Waals surface area contributed by atoms with Crippen molar-refractivity contribution in [1.29, 1.82) is 0 Å². The number of alkyl carbamates (subject to hydrolysis) is 1. The van der Waals surface area contributed by atoms with Crippen molar-refractivity contribution in [2.75, 3.05) is 19.1 Å². The molecule has 1 N–H and O–H groups in total. The fraction of sp³-hybridized carbons (Fsp3) is 0.417. The fourth-order valence-corrected chi connectivity index (χ4v) is 1.88. The predicted molar refractivity (Wildman–Crippen MR) is 64.5 cm³/mol. The Morgan fingerprint density at radius 2 is 2.35 bits per heavy atom. The second kappa shape index (κ2) is 5.77. The summed E-state index contributed by atoms with van der Waals surface area (Å²) in [4.78, 5) is 11.4. The molecule has 0 fully saturated rings. The molecule has 0 bridgehead atoms. The van der Waals surface area contributed by atoms with Crippen molar-refractivity contribution < 1.29 is 14.3 Å². The Labute approximate surface area is 105 Å². The summed E-state index contributed by atoms with van der Waals surface area (Å²) in [6, 6.07) is 7.62. The molecule has 4 nitrogen and oxygen atoms in total. The van der Waals surface area contributed by atoms with E-state index in [0.29, 0.717) is 12.5 Å². The Kier molecular flexibility index (Phi) is 4.09. The summed E-state index contributed by atoms with van der Waals surface area (Å²) in [5, 5.41) is 2.81. The van der Waals surface area contributed by atoms with Crippen LogP contribution in [-0.4, -0.2) is 25.2 Å². The molecule has 2 rings (SSSR count). The van der Waals surface area contributed by atoms with Gasteiger partial charge in [-0.2, -0.15) is 0 Å². The Morgan fingerprint density at radius 3 is 3.18 bits per heavy atom. The number of carbonyl (C=O) groups is 1. The molecule has 5 heteroatoms. The number of carbonyl (C=O) groups excluding carboxylic acids is 1. The van der Waals surface area contributed by atoms with Gasteiger partial charge in [0.1, 0.15) is 12.4 Å². The average Bonchev–Trinajstić information content (AvgIpc) is 2.37. The van der Waals surface area contributed by atoms with E-state index in [1.54, 1.807) is 0 Å². The molecule has 1 amide bonds. The maximum Gasteiger partial charge on any atom is 0.407 e. The van der Waals surface area contributed by atoms with Crippen LogP contribution in [0.1, 0.15) is 18.0 Å². The predicted octanol–water partition coefficient (Wildman–Crippen LogP) is 2.48. The lowest BCUT2D eigenvalue weighted by Crippen LogP contribution is -2.32. The summed E-state index contributed by atoms with van der Waals surface area (Å²) in [5.41, 5.74) is 0.988. The van der Waals surface area contributed by atoms with E-state index in [2.05, 4.69) is 5.32 Å². The minimum atomic E-state index is -0.438. The fourth-order valence-electron chi connectivity index (χ4n) is 1.81. The smallest absolute Gasteiger partial charge is 0.407 e. The van der Waals surface area contributed by atoms with Crippen LogP contribution in [0.25, 0.3) is 0 Å². The van der Waals surface area contributed by atoms with Gasteiger partial charge in [0, 0.05) is 12.0 Å². The number of halogens is 1. The number of fused-ring (bicyclic) bond motifs is 1. The van der Waals surface area contributed by atoms with Crippen molar-refractivity contribution in [2.24, 2.45) is 0 Å². The lowest BCUT2D eigenvalue weighted by atomic mass is 10.0. The summed E-state index contributed by atoms with van der Waals surface area (Å²) in [6.07, 6.45) is 0.305. The largest absolute Gasteiger partial charge is 0.493 e. The van der Waals surface area contributed by atoms with Crippen molar-refractivity contribution in [3.8, 4) is 5.75 Å². The quantitative estimate of drug-likeness (QED) is 0.844.